The first-order chi connectivity index (χ1) is 19.6. The van der Waals surface area contributed by atoms with Crippen molar-refractivity contribution in [1.82, 2.24) is 9.97 Å². The van der Waals surface area contributed by atoms with Crippen LogP contribution in [0.1, 0.15) is 60.2 Å². The summed E-state index contributed by atoms with van der Waals surface area (Å²) in [5.74, 6) is 0.973. The minimum Gasteiger partial charge on any atom is -0.494 e. The summed E-state index contributed by atoms with van der Waals surface area (Å²) in [5.41, 5.74) is 3.12. The first-order valence-corrected chi connectivity index (χ1v) is 13.6. The molecule has 0 aliphatic rings. The lowest BCUT2D eigenvalue weighted by molar-refractivity contribution is 0.101. The molecule has 0 spiro atoms. The molecule has 2 N–H and O–H groups in total. The summed E-state index contributed by atoms with van der Waals surface area (Å²) in [5, 5.41) is 5.78. The van der Waals surface area contributed by atoms with Gasteiger partial charge in [-0.25, -0.2) is 0 Å². The highest BCUT2D eigenvalue weighted by Gasteiger charge is 2.13. The first-order valence-electron chi connectivity index (χ1n) is 13.6. The zero-order chi connectivity index (χ0) is 28.2. The molecule has 0 saturated heterocycles. The Hall–Kier alpha value is -4.72. The second-order valence-electron chi connectivity index (χ2n) is 9.22. The molecular weight excluding hydrogens is 504 g/mol. The Labute approximate surface area is 234 Å². The summed E-state index contributed by atoms with van der Waals surface area (Å²) >= 11 is 0. The molecule has 8 heteroatoms. The molecule has 0 aliphatic carbocycles. The lowest BCUT2D eigenvalue weighted by atomic mass is 10.1. The van der Waals surface area contributed by atoms with Crippen LogP contribution in [0.15, 0.2) is 85.2 Å². The van der Waals surface area contributed by atoms with Crippen molar-refractivity contribution in [3.8, 4) is 22.9 Å². The highest BCUT2D eigenvalue weighted by molar-refractivity contribution is 6.06. The van der Waals surface area contributed by atoms with E-state index in [0.717, 1.165) is 37.2 Å². The van der Waals surface area contributed by atoms with Crippen LogP contribution in [0, 0.1) is 0 Å². The number of amides is 2. The minimum absolute atomic E-state index is 0.278. The number of anilines is 2. The average molecular weight is 539 g/mol. The van der Waals surface area contributed by atoms with Crippen molar-refractivity contribution in [2.24, 2.45) is 0 Å². The third-order valence-electron chi connectivity index (χ3n) is 6.06. The number of hydrogen-bond donors (Lipinski definition) is 2. The standard InChI is InChI=1S/C32H34N4O4/c1-3-5-19-39-27-11-7-25(8-12-27)35-31(37)23-15-17-33-29(21-23)30-22-24(16-18-34-30)32(38)36-26-9-13-28(14-10-26)40-20-6-4-2/h7-18,21-22H,3-6,19-20H2,1-2H3,(H,35,37)(H,36,38). The van der Waals surface area contributed by atoms with Crippen molar-refractivity contribution in [2.45, 2.75) is 39.5 Å². The molecule has 2 aromatic heterocycles. The van der Waals surface area contributed by atoms with E-state index in [1.54, 1.807) is 60.9 Å². The average Bonchev–Trinajstić information content (AvgIpc) is 2.99. The molecule has 0 bridgehead atoms. The summed E-state index contributed by atoms with van der Waals surface area (Å²) in [6.45, 7) is 5.56. The quantitative estimate of drug-likeness (QED) is 0.178. The van der Waals surface area contributed by atoms with Gasteiger partial charge in [0.25, 0.3) is 11.8 Å². The van der Waals surface area contributed by atoms with E-state index < -0.39 is 0 Å². The Morgan fingerprint density at radius 1 is 0.625 bits per heavy atom. The number of hydrogen-bond acceptors (Lipinski definition) is 6. The summed E-state index contributed by atoms with van der Waals surface area (Å²) < 4.78 is 11.3. The van der Waals surface area contributed by atoms with Crippen LogP contribution in [0.5, 0.6) is 11.5 Å². The topological polar surface area (TPSA) is 102 Å². The van der Waals surface area contributed by atoms with Crippen LogP contribution in [0.4, 0.5) is 11.4 Å². The third-order valence-corrected chi connectivity index (χ3v) is 6.06. The maximum absolute atomic E-state index is 12.9. The van der Waals surface area contributed by atoms with E-state index in [2.05, 4.69) is 34.4 Å². The number of rotatable bonds is 13. The fourth-order valence-electron chi connectivity index (χ4n) is 3.77. The molecule has 40 heavy (non-hydrogen) atoms. The number of unbranched alkanes of at least 4 members (excludes halogenated alkanes) is 2. The van der Waals surface area contributed by atoms with E-state index in [1.165, 1.54) is 0 Å². The van der Waals surface area contributed by atoms with Gasteiger partial charge in [0.05, 0.1) is 24.6 Å². The largest absolute Gasteiger partial charge is 0.494 e. The van der Waals surface area contributed by atoms with Gasteiger partial charge in [0.1, 0.15) is 11.5 Å². The van der Waals surface area contributed by atoms with Crippen molar-refractivity contribution in [1.29, 1.82) is 0 Å². The van der Waals surface area contributed by atoms with Crippen LogP contribution in [0.25, 0.3) is 11.4 Å². The maximum Gasteiger partial charge on any atom is 0.255 e. The van der Waals surface area contributed by atoms with Gasteiger partial charge < -0.3 is 20.1 Å². The highest BCUT2D eigenvalue weighted by atomic mass is 16.5. The normalized spacial score (nSPS) is 10.6. The maximum atomic E-state index is 12.9. The summed E-state index contributed by atoms with van der Waals surface area (Å²) in [4.78, 5) is 34.5. The van der Waals surface area contributed by atoms with Crippen LogP contribution >= 0.6 is 0 Å². The molecule has 2 aromatic carbocycles. The molecule has 4 rings (SSSR count). The number of nitrogens with zero attached hydrogens (tertiary/aromatic N) is 2. The van der Waals surface area contributed by atoms with Crippen molar-refractivity contribution in [2.75, 3.05) is 23.8 Å². The van der Waals surface area contributed by atoms with Gasteiger partial charge in [0.15, 0.2) is 0 Å². The lowest BCUT2D eigenvalue weighted by Crippen LogP contribution is -2.13. The second-order valence-corrected chi connectivity index (χ2v) is 9.22. The Morgan fingerprint density at radius 2 is 1.02 bits per heavy atom. The highest BCUT2D eigenvalue weighted by Crippen LogP contribution is 2.21. The van der Waals surface area contributed by atoms with Gasteiger partial charge in [-0.2, -0.15) is 0 Å². The van der Waals surface area contributed by atoms with Crippen LogP contribution in [-0.4, -0.2) is 35.0 Å². The van der Waals surface area contributed by atoms with Crippen molar-refractivity contribution in [3.63, 3.8) is 0 Å². The summed E-state index contributed by atoms with van der Waals surface area (Å²) in [7, 11) is 0. The number of ether oxygens (including phenoxy) is 2. The van der Waals surface area contributed by atoms with Crippen LogP contribution in [0.2, 0.25) is 0 Å². The van der Waals surface area contributed by atoms with Crippen molar-refractivity contribution >= 4 is 23.2 Å². The number of nitrogens with one attached hydrogen (secondary N) is 2. The molecule has 2 amide bonds. The molecule has 0 aliphatic heterocycles. The minimum atomic E-state index is -0.278. The summed E-state index contributed by atoms with van der Waals surface area (Å²) in [6.07, 6.45) is 7.22. The molecule has 0 radical (unpaired) electrons. The molecular formula is C32H34N4O4. The van der Waals surface area contributed by atoms with E-state index in [1.807, 2.05) is 24.3 Å². The number of pyridine rings is 2. The predicted octanol–water partition coefficient (Wildman–Crippen LogP) is 7.01. The zero-order valence-corrected chi connectivity index (χ0v) is 22.9. The van der Waals surface area contributed by atoms with E-state index in [0.29, 0.717) is 47.1 Å². The smallest absolute Gasteiger partial charge is 0.255 e. The lowest BCUT2D eigenvalue weighted by Gasteiger charge is -2.10. The van der Waals surface area contributed by atoms with E-state index in [-0.39, 0.29) is 11.8 Å². The van der Waals surface area contributed by atoms with Gasteiger partial charge >= 0.3 is 0 Å². The third kappa shape index (κ3) is 8.14. The fraction of sp³-hybridized carbons (Fsp3) is 0.250. The van der Waals surface area contributed by atoms with Gasteiger partial charge in [-0.15, -0.1) is 0 Å². The van der Waals surface area contributed by atoms with Gasteiger partial charge in [-0.1, -0.05) is 26.7 Å². The Balaban J connectivity index is 1.39. The second kappa shape index (κ2) is 14.4. The van der Waals surface area contributed by atoms with Crippen LogP contribution in [0.3, 0.4) is 0 Å². The fourth-order valence-corrected chi connectivity index (χ4v) is 3.77. The number of aromatic nitrogens is 2. The first kappa shape index (κ1) is 28.3. The Kier molecular flexibility index (Phi) is 10.2. The molecule has 0 fully saturated rings. The molecule has 0 atom stereocenters. The van der Waals surface area contributed by atoms with Crippen LogP contribution < -0.4 is 20.1 Å². The van der Waals surface area contributed by atoms with E-state index in [4.69, 9.17) is 9.47 Å². The monoisotopic (exact) mass is 538 g/mol. The number of carbonyl (C=O) groups excluding carboxylic acids is 2. The van der Waals surface area contributed by atoms with E-state index in [9.17, 15) is 9.59 Å². The van der Waals surface area contributed by atoms with Gasteiger partial charge in [0, 0.05) is 34.9 Å². The number of benzene rings is 2. The summed E-state index contributed by atoms with van der Waals surface area (Å²) in [6, 6.07) is 21.1. The Morgan fingerprint density at radius 3 is 1.40 bits per heavy atom. The molecule has 4 aromatic rings. The Bertz CT molecular complexity index is 1300. The van der Waals surface area contributed by atoms with Crippen LogP contribution in [-0.2, 0) is 0 Å². The SMILES string of the molecule is CCCCOc1ccc(NC(=O)c2ccnc(-c3cc(C(=O)Nc4ccc(OCCCC)cc4)ccn3)c2)cc1. The molecule has 2 heterocycles. The van der Waals surface area contributed by atoms with Crippen molar-refractivity contribution < 1.29 is 19.1 Å². The zero-order valence-electron chi connectivity index (χ0n) is 22.9. The molecule has 206 valence electrons. The van der Waals surface area contributed by atoms with Crippen molar-refractivity contribution in [3.05, 3.63) is 96.3 Å². The van der Waals surface area contributed by atoms with Gasteiger partial charge in [-0.3, -0.25) is 19.6 Å². The van der Waals surface area contributed by atoms with E-state index >= 15 is 0 Å². The molecule has 0 saturated carbocycles. The molecule has 0 unspecified atom stereocenters. The number of carbonyl (C=O) groups is 2. The van der Waals surface area contributed by atoms with Gasteiger partial charge in [0.2, 0.25) is 0 Å². The molecule has 8 nitrogen and oxygen atoms in total. The predicted molar refractivity (Wildman–Crippen MR) is 157 cm³/mol. The van der Waals surface area contributed by atoms with Gasteiger partial charge in [-0.05, 0) is 85.6 Å².